The van der Waals surface area contributed by atoms with Crippen LogP contribution in [0.25, 0.3) is 11.8 Å². The predicted octanol–water partition coefficient (Wildman–Crippen LogP) is 4.01. The first kappa shape index (κ1) is 25.8. The molecule has 0 unspecified atom stereocenters. The number of hydrogen-bond acceptors (Lipinski definition) is 6. The van der Waals surface area contributed by atoms with Crippen molar-refractivity contribution in [3.8, 4) is 5.69 Å². The molecule has 1 fully saturated rings. The van der Waals surface area contributed by atoms with Crippen LogP contribution in [0, 0.1) is 11.2 Å². The molecular weight excluding hydrogens is 535 g/mol. The van der Waals surface area contributed by atoms with Gasteiger partial charge < -0.3 is 5.11 Å². The molecular formula is C29H23FN4O5S. The third-order valence-electron chi connectivity index (χ3n) is 7.50. The predicted molar refractivity (Wildman–Crippen MR) is 143 cm³/mol. The van der Waals surface area contributed by atoms with Crippen LogP contribution in [-0.4, -0.2) is 57.4 Å². The largest absolute Gasteiger partial charge is 0.478 e. The zero-order valence-electron chi connectivity index (χ0n) is 21.1. The van der Waals surface area contributed by atoms with Crippen molar-refractivity contribution in [3.05, 3.63) is 113 Å². The molecule has 1 aliphatic heterocycles. The molecule has 0 radical (unpaired) electrons. The Kier molecular flexibility index (Phi) is 6.20. The molecule has 11 heteroatoms. The maximum Gasteiger partial charge on any atom is 0.335 e. The van der Waals surface area contributed by atoms with Gasteiger partial charge >= 0.3 is 5.97 Å². The van der Waals surface area contributed by atoms with Gasteiger partial charge in [-0.15, -0.1) is 0 Å². The molecule has 1 N–H and O–H groups in total. The fourth-order valence-corrected chi connectivity index (χ4v) is 7.04. The van der Waals surface area contributed by atoms with Crippen molar-refractivity contribution in [1.82, 2.24) is 19.1 Å². The topological polar surface area (TPSA) is 122 Å². The number of ketones is 1. The van der Waals surface area contributed by atoms with Crippen LogP contribution in [0.15, 0.2) is 89.6 Å². The normalized spacial score (nSPS) is 18.9. The summed E-state index contributed by atoms with van der Waals surface area (Å²) in [6.45, 7) is -0.0439. The minimum Gasteiger partial charge on any atom is -0.478 e. The highest BCUT2D eigenvalue weighted by Gasteiger charge is 2.51. The van der Waals surface area contributed by atoms with Gasteiger partial charge in [-0.05, 0) is 79.1 Å². The molecule has 1 atom stereocenters. The van der Waals surface area contributed by atoms with Gasteiger partial charge in [0.05, 0.1) is 33.5 Å². The van der Waals surface area contributed by atoms with E-state index in [9.17, 15) is 27.5 Å². The van der Waals surface area contributed by atoms with Gasteiger partial charge in [-0.2, -0.15) is 9.40 Å². The number of carboxylic acids is 1. The Morgan fingerprint density at radius 2 is 1.82 bits per heavy atom. The van der Waals surface area contributed by atoms with E-state index in [-0.39, 0.29) is 53.7 Å². The number of sulfonamides is 1. The van der Waals surface area contributed by atoms with Gasteiger partial charge in [-0.1, -0.05) is 17.7 Å². The number of aromatic nitrogens is 3. The number of carbonyl (C=O) groups is 2. The van der Waals surface area contributed by atoms with E-state index in [1.165, 1.54) is 40.8 Å². The molecule has 1 saturated heterocycles. The van der Waals surface area contributed by atoms with Crippen LogP contribution in [0.4, 0.5) is 4.39 Å². The lowest BCUT2D eigenvalue weighted by Gasteiger charge is -2.44. The molecule has 4 aromatic rings. The third-order valence-corrected chi connectivity index (χ3v) is 9.34. The van der Waals surface area contributed by atoms with Crippen LogP contribution in [-0.2, 0) is 16.4 Å². The van der Waals surface area contributed by atoms with E-state index in [0.717, 1.165) is 22.9 Å². The molecule has 0 bridgehead atoms. The zero-order valence-corrected chi connectivity index (χ0v) is 21.9. The van der Waals surface area contributed by atoms with Crippen molar-refractivity contribution < 1.29 is 27.5 Å². The standard InChI is InChI=1S/C29H23FN4O5S/c30-22-7-9-23(10-8-22)34-26-15-21-11-13-33(40(38,39)24-5-3-4-19(14-24)28(36)37)18-29(21,16-20(26)17-32-34)27(35)25-6-1-2-12-31-25/h1-10,12,14-15,17H,11,13,16,18H2,(H,36,37)/t29-/m0/s1. The molecule has 0 spiro atoms. The van der Waals surface area contributed by atoms with E-state index in [1.807, 2.05) is 6.08 Å². The van der Waals surface area contributed by atoms with Gasteiger partial charge in [0, 0.05) is 19.3 Å². The van der Waals surface area contributed by atoms with E-state index < -0.39 is 21.4 Å². The van der Waals surface area contributed by atoms with Crippen LogP contribution < -0.4 is 0 Å². The van der Waals surface area contributed by atoms with Gasteiger partial charge in [0.1, 0.15) is 11.5 Å². The summed E-state index contributed by atoms with van der Waals surface area (Å²) in [7, 11) is -4.13. The highest BCUT2D eigenvalue weighted by molar-refractivity contribution is 7.89. The Morgan fingerprint density at radius 3 is 2.55 bits per heavy atom. The van der Waals surface area contributed by atoms with Gasteiger partial charge in [0.2, 0.25) is 10.0 Å². The number of pyridine rings is 1. The van der Waals surface area contributed by atoms with Crippen molar-refractivity contribution in [2.75, 3.05) is 13.1 Å². The first-order valence-electron chi connectivity index (χ1n) is 12.5. The summed E-state index contributed by atoms with van der Waals surface area (Å²) in [6, 6.07) is 16.1. The number of aromatic carboxylic acids is 1. The van der Waals surface area contributed by atoms with Crippen LogP contribution in [0.3, 0.4) is 0 Å². The smallest absolute Gasteiger partial charge is 0.335 e. The molecule has 9 nitrogen and oxygen atoms in total. The Hall–Kier alpha value is -4.48. The Labute approximate surface area is 229 Å². The number of Topliss-reactive ketones (excluding diaryl/α,β-unsaturated/α-hetero) is 1. The number of piperidine rings is 1. The average molecular weight is 559 g/mol. The Balaban J connectivity index is 1.44. The number of nitrogens with zero attached hydrogens (tertiary/aromatic N) is 4. The quantitative estimate of drug-likeness (QED) is 0.355. The van der Waals surface area contributed by atoms with Gasteiger partial charge in [-0.25, -0.2) is 22.3 Å². The lowest BCUT2D eigenvalue weighted by Crippen LogP contribution is -2.53. The molecule has 202 valence electrons. The number of rotatable bonds is 6. The highest BCUT2D eigenvalue weighted by atomic mass is 32.2. The number of carboxylic acid groups (broad SMARTS) is 1. The maximum atomic E-state index is 14.2. The summed E-state index contributed by atoms with van der Waals surface area (Å²) in [6.07, 6.45) is 5.49. The second-order valence-corrected chi connectivity index (χ2v) is 11.8. The zero-order chi connectivity index (χ0) is 28.1. The van der Waals surface area contributed by atoms with Crippen LogP contribution >= 0.6 is 0 Å². The number of fused-ring (bicyclic) bond motifs is 2. The first-order chi connectivity index (χ1) is 19.2. The average Bonchev–Trinajstić information content (AvgIpc) is 3.38. The fourth-order valence-electron chi connectivity index (χ4n) is 5.49. The monoisotopic (exact) mass is 558 g/mol. The van der Waals surface area contributed by atoms with E-state index in [0.29, 0.717) is 5.69 Å². The van der Waals surface area contributed by atoms with Gasteiger partial charge in [-0.3, -0.25) is 9.78 Å². The Morgan fingerprint density at radius 1 is 1.02 bits per heavy atom. The summed E-state index contributed by atoms with van der Waals surface area (Å²) in [5.74, 6) is -1.91. The first-order valence-corrected chi connectivity index (χ1v) is 14.0. The van der Waals surface area contributed by atoms with Crippen molar-refractivity contribution >= 4 is 27.9 Å². The van der Waals surface area contributed by atoms with Crippen molar-refractivity contribution in [2.45, 2.75) is 17.7 Å². The number of halogens is 1. The van der Waals surface area contributed by atoms with E-state index in [1.54, 1.807) is 41.2 Å². The molecule has 2 aromatic heterocycles. The van der Waals surface area contributed by atoms with E-state index in [4.69, 9.17) is 0 Å². The fraction of sp³-hybridized carbons (Fsp3) is 0.172. The summed E-state index contributed by atoms with van der Waals surface area (Å²) in [5, 5.41) is 13.9. The Bertz CT molecular complexity index is 1780. The highest BCUT2D eigenvalue weighted by Crippen LogP contribution is 2.47. The summed E-state index contributed by atoms with van der Waals surface area (Å²) in [5.41, 5.74) is 1.73. The second kappa shape index (κ2) is 9.61. The molecule has 1 aliphatic carbocycles. The van der Waals surface area contributed by atoms with E-state index >= 15 is 0 Å². The molecule has 2 aromatic carbocycles. The lowest BCUT2D eigenvalue weighted by molar-refractivity contribution is 0.0696. The maximum absolute atomic E-state index is 14.2. The summed E-state index contributed by atoms with van der Waals surface area (Å²) in [4.78, 5) is 29.8. The van der Waals surface area contributed by atoms with Crippen LogP contribution in [0.2, 0.25) is 0 Å². The summed E-state index contributed by atoms with van der Waals surface area (Å²) >= 11 is 0. The van der Waals surface area contributed by atoms with Gasteiger partial charge in [0.25, 0.3) is 0 Å². The van der Waals surface area contributed by atoms with Crippen molar-refractivity contribution in [3.63, 3.8) is 0 Å². The molecule has 0 amide bonds. The number of benzene rings is 2. The van der Waals surface area contributed by atoms with Crippen molar-refractivity contribution in [1.29, 1.82) is 0 Å². The molecule has 2 aliphatic rings. The molecule has 0 saturated carbocycles. The third kappa shape index (κ3) is 4.23. The SMILES string of the molecule is O=C(O)c1cccc(S(=O)(=O)N2CCC3=Cc4c(cnn4-c4ccc(F)cc4)C[C@]3(C(=O)c3ccccn3)C2)c1. The van der Waals surface area contributed by atoms with Gasteiger partial charge in [0.15, 0.2) is 5.78 Å². The molecule has 6 rings (SSSR count). The number of carbonyl (C=O) groups excluding carboxylic acids is 1. The molecule has 3 heterocycles. The minimum absolute atomic E-state index is 0.0999. The number of hydrogen-bond donors (Lipinski definition) is 1. The van der Waals surface area contributed by atoms with Crippen molar-refractivity contribution in [2.24, 2.45) is 5.41 Å². The summed E-state index contributed by atoms with van der Waals surface area (Å²) < 4.78 is 43.9. The van der Waals surface area contributed by atoms with E-state index in [2.05, 4.69) is 10.1 Å². The van der Waals surface area contributed by atoms with Crippen LogP contribution in [0.1, 0.15) is 38.5 Å². The minimum atomic E-state index is -4.13. The van der Waals surface area contributed by atoms with Crippen LogP contribution in [0.5, 0.6) is 0 Å². The second-order valence-electron chi connectivity index (χ2n) is 9.84. The molecule has 40 heavy (non-hydrogen) atoms. The lowest BCUT2D eigenvalue weighted by atomic mass is 9.65.